The number of benzene rings is 2. The van der Waals surface area contributed by atoms with Crippen LogP contribution < -0.4 is 0 Å². The molecule has 0 spiro atoms. The Morgan fingerprint density at radius 1 is 1.15 bits per heavy atom. The van der Waals surface area contributed by atoms with Gasteiger partial charge in [-0.25, -0.2) is 0 Å². The molecular formula is C16H15BrO3. The minimum atomic E-state index is -0.0145. The van der Waals surface area contributed by atoms with E-state index in [0.29, 0.717) is 22.2 Å². The van der Waals surface area contributed by atoms with Gasteiger partial charge in [0.15, 0.2) is 0 Å². The SMILES string of the molecule is C=CCOCc1c(Br)c(O)cc(O)c1-c1ccccc1. The van der Waals surface area contributed by atoms with Crippen LogP contribution in [0.15, 0.2) is 53.5 Å². The van der Waals surface area contributed by atoms with Crippen molar-refractivity contribution in [3.63, 3.8) is 0 Å². The van der Waals surface area contributed by atoms with E-state index in [0.717, 1.165) is 5.56 Å². The lowest BCUT2D eigenvalue weighted by atomic mass is 9.98. The first-order valence-corrected chi connectivity index (χ1v) is 6.91. The third kappa shape index (κ3) is 3.03. The largest absolute Gasteiger partial charge is 0.507 e. The van der Waals surface area contributed by atoms with Crippen LogP contribution in [0.2, 0.25) is 0 Å². The Bertz CT molecular complexity index is 609. The minimum Gasteiger partial charge on any atom is -0.507 e. The zero-order valence-corrected chi connectivity index (χ0v) is 12.4. The number of hydrogen-bond donors (Lipinski definition) is 2. The van der Waals surface area contributed by atoms with Gasteiger partial charge in [0.1, 0.15) is 11.5 Å². The molecule has 4 heteroatoms. The molecule has 0 bridgehead atoms. The summed E-state index contributed by atoms with van der Waals surface area (Å²) >= 11 is 3.35. The Labute approximate surface area is 126 Å². The normalized spacial score (nSPS) is 10.4. The number of phenols is 2. The summed E-state index contributed by atoms with van der Waals surface area (Å²) in [7, 11) is 0. The second-order valence-corrected chi connectivity index (χ2v) is 5.05. The summed E-state index contributed by atoms with van der Waals surface area (Å²) in [5.41, 5.74) is 2.22. The molecule has 20 heavy (non-hydrogen) atoms. The maximum Gasteiger partial charge on any atom is 0.133 e. The summed E-state index contributed by atoms with van der Waals surface area (Å²) in [5.74, 6) is 0.00786. The summed E-state index contributed by atoms with van der Waals surface area (Å²) in [4.78, 5) is 0. The van der Waals surface area contributed by atoms with Crippen LogP contribution in [0, 0.1) is 0 Å². The molecule has 2 rings (SSSR count). The summed E-state index contributed by atoms with van der Waals surface area (Å²) in [6, 6.07) is 10.8. The Kier molecular flexibility index (Phi) is 4.82. The summed E-state index contributed by atoms with van der Waals surface area (Å²) in [6.45, 7) is 4.26. The fourth-order valence-corrected chi connectivity index (χ4v) is 2.42. The van der Waals surface area contributed by atoms with Gasteiger partial charge in [-0.2, -0.15) is 0 Å². The third-order valence-electron chi connectivity index (χ3n) is 2.87. The monoisotopic (exact) mass is 334 g/mol. The van der Waals surface area contributed by atoms with Gasteiger partial charge in [-0.1, -0.05) is 36.4 Å². The lowest BCUT2D eigenvalue weighted by Crippen LogP contribution is -1.98. The zero-order chi connectivity index (χ0) is 14.5. The summed E-state index contributed by atoms with van der Waals surface area (Å²) in [5, 5.41) is 20.0. The first kappa shape index (κ1) is 14.6. The van der Waals surface area contributed by atoms with Gasteiger partial charge in [0, 0.05) is 17.2 Å². The van der Waals surface area contributed by atoms with Crippen molar-refractivity contribution in [2.75, 3.05) is 6.61 Å². The van der Waals surface area contributed by atoms with Crippen molar-refractivity contribution in [2.24, 2.45) is 0 Å². The van der Waals surface area contributed by atoms with Crippen LogP contribution in [0.1, 0.15) is 5.56 Å². The average Bonchev–Trinajstić information content (AvgIpc) is 2.45. The predicted molar refractivity (Wildman–Crippen MR) is 82.8 cm³/mol. The summed E-state index contributed by atoms with van der Waals surface area (Å²) < 4.78 is 5.98. The van der Waals surface area contributed by atoms with Crippen molar-refractivity contribution < 1.29 is 14.9 Å². The molecule has 0 aromatic heterocycles. The smallest absolute Gasteiger partial charge is 0.133 e. The van der Waals surface area contributed by atoms with E-state index in [9.17, 15) is 10.2 Å². The minimum absolute atomic E-state index is 0.0145. The predicted octanol–water partition coefficient (Wildman–Crippen LogP) is 4.23. The molecule has 0 saturated carbocycles. The second kappa shape index (κ2) is 6.59. The molecule has 3 nitrogen and oxygen atoms in total. The fraction of sp³-hybridized carbons (Fsp3) is 0.125. The maximum absolute atomic E-state index is 10.2. The quantitative estimate of drug-likeness (QED) is 0.635. The Hall–Kier alpha value is -1.78. The molecule has 0 radical (unpaired) electrons. The van der Waals surface area contributed by atoms with Gasteiger partial charge >= 0.3 is 0 Å². The number of phenolic OH excluding ortho intramolecular Hbond substituents is 2. The topological polar surface area (TPSA) is 49.7 Å². The second-order valence-electron chi connectivity index (χ2n) is 4.25. The number of hydrogen-bond acceptors (Lipinski definition) is 3. The van der Waals surface area contributed by atoms with Crippen LogP contribution in [-0.4, -0.2) is 16.8 Å². The fourth-order valence-electron chi connectivity index (χ4n) is 1.99. The molecule has 0 unspecified atom stereocenters. The summed E-state index contributed by atoms with van der Waals surface area (Å²) in [6.07, 6.45) is 1.65. The van der Waals surface area contributed by atoms with E-state index in [1.165, 1.54) is 6.07 Å². The highest BCUT2D eigenvalue weighted by atomic mass is 79.9. The van der Waals surface area contributed by atoms with E-state index in [1.807, 2.05) is 30.3 Å². The van der Waals surface area contributed by atoms with Crippen molar-refractivity contribution in [3.8, 4) is 22.6 Å². The molecule has 2 aromatic rings. The molecule has 2 N–H and O–H groups in total. The highest BCUT2D eigenvalue weighted by Crippen LogP contribution is 2.42. The van der Waals surface area contributed by atoms with Crippen LogP contribution in [0.25, 0.3) is 11.1 Å². The van der Waals surface area contributed by atoms with Gasteiger partial charge in [-0.15, -0.1) is 6.58 Å². The molecule has 0 aliphatic carbocycles. The molecule has 0 fully saturated rings. The number of rotatable bonds is 5. The lowest BCUT2D eigenvalue weighted by Gasteiger charge is -2.15. The number of aromatic hydroxyl groups is 2. The molecule has 2 aromatic carbocycles. The van der Waals surface area contributed by atoms with Gasteiger partial charge in [0.05, 0.1) is 17.7 Å². The van der Waals surface area contributed by atoms with E-state index in [-0.39, 0.29) is 18.1 Å². The molecule has 0 aliphatic heterocycles. The van der Waals surface area contributed by atoms with Gasteiger partial charge in [0.2, 0.25) is 0 Å². The first-order valence-electron chi connectivity index (χ1n) is 6.12. The van der Waals surface area contributed by atoms with Gasteiger partial charge in [-0.05, 0) is 21.5 Å². The highest BCUT2D eigenvalue weighted by molar-refractivity contribution is 9.10. The van der Waals surface area contributed by atoms with E-state index in [1.54, 1.807) is 6.08 Å². The number of ether oxygens (including phenoxy) is 1. The van der Waals surface area contributed by atoms with Crippen LogP contribution in [0.5, 0.6) is 11.5 Å². The first-order chi connectivity index (χ1) is 9.65. The molecule has 104 valence electrons. The van der Waals surface area contributed by atoms with Gasteiger partial charge in [-0.3, -0.25) is 0 Å². The van der Waals surface area contributed by atoms with Crippen LogP contribution in [0.4, 0.5) is 0 Å². The van der Waals surface area contributed by atoms with E-state index >= 15 is 0 Å². The van der Waals surface area contributed by atoms with Crippen molar-refractivity contribution in [2.45, 2.75) is 6.61 Å². The number of halogens is 1. The van der Waals surface area contributed by atoms with Gasteiger partial charge < -0.3 is 14.9 Å². The van der Waals surface area contributed by atoms with Crippen molar-refractivity contribution >= 4 is 15.9 Å². The Balaban J connectivity index is 2.53. The van der Waals surface area contributed by atoms with Crippen molar-refractivity contribution in [1.82, 2.24) is 0 Å². The molecule has 0 heterocycles. The zero-order valence-electron chi connectivity index (χ0n) is 10.8. The van der Waals surface area contributed by atoms with Crippen LogP contribution in [0.3, 0.4) is 0 Å². The highest BCUT2D eigenvalue weighted by Gasteiger charge is 2.17. The molecule has 0 saturated heterocycles. The molecular weight excluding hydrogens is 320 g/mol. The Morgan fingerprint density at radius 2 is 1.85 bits per heavy atom. The standard InChI is InChI=1S/C16H15BrO3/c1-2-8-20-10-12-15(11-6-4-3-5-7-11)13(18)9-14(19)16(12)17/h2-7,9,18-19H,1,8,10H2. The molecule has 0 amide bonds. The molecule has 0 aliphatic rings. The van der Waals surface area contributed by atoms with Gasteiger partial charge in [0.25, 0.3) is 0 Å². The van der Waals surface area contributed by atoms with E-state index in [2.05, 4.69) is 22.5 Å². The van der Waals surface area contributed by atoms with Crippen molar-refractivity contribution in [3.05, 3.63) is 59.1 Å². The molecule has 0 atom stereocenters. The van der Waals surface area contributed by atoms with E-state index in [4.69, 9.17) is 4.74 Å². The van der Waals surface area contributed by atoms with E-state index < -0.39 is 0 Å². The van der Waals surface area contributed by atoms with Crippen molar-refractivity contribution in [1.29, 1.82) is 0 Å². The Morgan fingerprint density at radius 3 is 2.50 bits per heavy atom. The maximum atomic E-state index is 10.2. The lowest BCUT2D eigenvalue weighted by molar-refractivity contribution is 0.148. The third-order valence-corrected chi connectivity index (χ3v) is 3.75. The van der Waals surface area contributed by atoms with Crippen LogP contribution >= 0.6 is 15.9 Å². The van der Waals surface area contributed by atoms with Crippen LogP contribution in [-0.2, 0) is 11.3 Å². The average molecular weight is 335 g/mol.